The van der Waals surface area contributed by atoms with Crippen molar-refractivity contribution in [1.29, 1.82) is 0 Å². The zero-order valence-corrected chi connectivity index (χ0v) is 12.2. The Morgan fingerprint density at radius 3 is 2.79 bits per heavy atom. The summed E-state index contributed by atoms with van der Waals surface area (Å²) in [5.41, 5.74) is 0.928. The van der Waals surface area contributed by atoms with Gasteiger partial charge in [-0.1, -0.05) is 0 Å². The second-order valence-corrected chi connectivity index (χ2v) is 5.81. The number of H-pyrrole nitrogens is 1. The molecule has 0 saturated heterocycles. The maximum absolute atomic E-state index is 11.6. The summed E-state index contributed by atoms with van der Waals surface area (Å²) in [6.45, 7) is 6.21. The van der Waals surface area contributed by atoms with Crippen LogP contribution in [0.25, 0.3) is 0 Å². The maximum Gasteiger partial charge on any atom is 0.295 e. The number of ether oxygens (including phenoxy) is 1. The number of methoxy groups -OCH3 is 1. The van der Waals surface area contributed by atoms with Crippen molar-refractivity contribution in [2.75, 3.05) is 12.4 Å². The predicted octanol–water partition coefficient (Wildman–Crippen LogP) is 2.63. The quantitative estimate of drug-likeness (QED) is 0.903. The normalized spacial score (nSPS) is 12.2. The topological polar surface area (TPSA) is 67.0 Å². The van der Waals surface area contributed by atoms with E-state index in [0.29, 0.717) is 5.82 Å². The first-order chi connectivity index (χ1) is 9.02. The molecular weight excluding hydrogens is 262 g/mol. The molecule has 2 N–H and O–H groups in total. The van der Waals surface area contributed by atoms with E-state index in [4.69, 9.17) is 4.74 Å². The molecule has 0 aromatic carbocycles. The zero-order chi connectivity index (χ0) is 14.0. The molecule has 2 rings (SSSR count). The summed E-state index contributed by atoms with van der Waals surface area (Å²) in [5, 5.41) is 3.22. The van der Waals surface area contributed by atoms with E-state index in [0.717, 1.165) is 0 Å². The molecule has 0 saturated carbocycles. The highest BCUT2D eigenvalue weighted by Gasteiger charge is 2.15. The number of aryl methyl sites for hydroxylation is 2. The lowest BCUT2D eigenvalue weighted by Gasteiger charge is -2.15. The molecule has 0 spiro atoms. The second kappa shape index (κ2) is 5.44. The van der Waals surface area contributed by atoms with Crippen LogP contribution in [0.1, 0.15) is 28.3 Å². The van der Waals surface area contributed by atoms with E-state index in [1.54, 1.807) is 11.3 Å². The van der Waals surface area contributed by atoms with Gasteiger partial charge in [-0.3, -0.25) is 4.79 Å². The molecule has 0 aliphatic rings. The van der Waals surface area contributed by atoms with E-state index < -0.39 is 0 Å². The molecule has 2 aromatic heterocycles. The van der Waals surface area contributed by atoms with E-state index in [2.05, 4.69) is 35.2 Å². The summed E-state index contributed by atoms with van der Waals surface area (Å²) in [7, 11) is 1.46. The Hall–Kier alpha value is -1.82. The van der Waals surface area contributed by atoms with Crippen LogP contribution in [0.2, 0.25) is 0 Å². The number of aromatic amines is 1. The highest BCUT2D eigenvalue weighted by molar-refractivity contribution is 7.12. The van der Waals surface area contributed by atoms with Gasteiger partial charge in [0.25, 0.3) is 5.56 Å². The van der Waals surface area contributed by atoms with Gasteiger partial charge in [0.05, 0.1) is 19.5 Å². The van der Waals surface area contributed by atoms with Crippen LogP contribution in [0.5, 0.6) is 5.75 Å². The van der Waals surface area contributed by atoms with E-state index in [9.17, 15) is 4.79 Å². The summed E-state index contributed by atoms with van der Waals surface area (Å²) >= 11 is 1.76. The zero-order valence-electron chi connectivity index (χ0n) is 11.4. The Kier molecular flexibility index (Phi) is 3.90. The summed E-state index contributed by atoms with van der Waals surface area (Å²) in [6.07, 6.45) is 1.37. The Bertz CT molecular complexity index is 633. The molecule has 2 aromatic rings. The van der Waals surface area contributed by atoms with Crippen LogP contribution >= 0.6 is 11.3 Å². The van der Waals surface area contributed by atoms with Gasteiger partial charge in [-0.05, 0) is 32.4 Å². The van der Waals surface area contributed by atoms with Gasteiger partial charge in [-0.25, -0.2) is 4.98 Å². The Labute approximate surface area is 115 Å². The van der Waals surface area contributed by atoms with Crippen LogP contribution in [0.4, 0.5) is 5.82 Å². The first-order valence-electron chi connectivity index (χ1n) is 5.98. The number of hydrogen-bond acceptors (Lipinski definition) is 5. The number of aromatic nitrogens is 2. The number of thiophene rings is 1. The Morgan fingerprint density at radius 2 is 2.21 bits per heavy atom. The van der Waals surface area contributed by atoms with Gasteiger partial charge in [0.2, 0.25) is 5.75 Å². The number of nitrogens with zero attached hydrogens (tertiary/aromatic N) is 1. The number of hydrogen-bond donors (Lipinski definition) is 2. The SMILES string of the molecule is COc1c(NC(C)c2cc(C)sc2C)nc[nH]c1=O. The van der Waals surface area contributed by atoms with Gasteiger partial charge in [0.15, 0.2) is 5.82 Å². The minimum absolute atomic E-state index is 0.0631. The van der Waals surface area contributed by atoms with Crippen molar-refractivity contribution >= 4 is 17.2 Å². The molecule has 19 heavy (non-hydrogen) atoms. The molecule has 6 heteroatoms. The number of rotatable bonds is 4. The molecule has 0 amide bonds. The van der Waals surface area contributed by atoms with E-state index in [-0.39, 0.29) is 17.4 Å². The van der Waals surface area contributed by atoms with Gasteiger partial charge in [-0.15, -0.1) is 11.3 Å². The number of anilines is 1. The molecule has 2 heterocycles. The molecule has 0 bridgehead atoms. The predicted molar refractivity (Wildman–Crippen MR) is 77.2 cm³/mol. The van der Waals surface area contributed by atoms with Crippen molar-refractivity contribution in [3.05, 3.63) is 38.1 Å². The monoisotopic (exact) mass is 279 g/mol. The van der Waals surface area contributed by atoms with Crippen LogP contribution in [0, 0.1) is 13.8 Å². The number of nitrogens with one attached hydrogen (secondary N) is 2. The van der Waals surface area contributed by atoms with Crippen molar-refractivity contribution in [1.82, 2.24) is 9.97 Å². The van der Waals surface area contributed by atoms with Crippen molar-refractivity contribution in [3.8, 4) is 5.75 Å². The van der Waals surface area contributed by atoms with Crippen LogP contribution in [0.3, 0.4) is 0 Å². The van der Waals surface area contributed by atoms with Gasteiger partial charge >= 0.3 is 0 Å². The lowest BCUT2D eigenvalue weighted by molar-refractivity contribution is 0.407. The fourth-order valence-electron chi connectivity index (χ4n) is 2.04. The van der Waals surface area contributed by atoms with Gasteiger partial charge in [0, 0.05) is 9.75 Å². The lowest BCUT2D eigenvalue weighted by Crippen LogP contribution is -2.16. The first kappa shape index (κ1) is 13.6. The highest BCUT2D eigenvalue weighted by Crippen LogP contribution is 2.29. The lowest BCUT2D eigenvalue weighted by atomic mass is 10.1. The maximum atomic E-state index is 11.6. The second-order valence-electron chi connectivity index (χ2n) is 4.35. The van der Waals surface area contributed by atoms with Crippen LogP contribution in [0.15, 0.2) is 17.2 Å². The van der Waals surface area contributed by atoms with Crippen LogP contribution < -0.4 is 15.6 Å². The minimum Gasteiger partial charge on any atom is -0.489 e. The van der Waals surface area contributed by atoms with E-state index in [1.165, 1.54) is 28.8 Å². The first-order valence-corrected chi connectivity index (χ1v) is 6.79. The van der Waals surface area contributed by atoms with Gasteiger partial charge < -0.3 is 15.0 Å². The summed E-state index contributed by atoms with van der Waals surface area (Å²) in [6, 6.07) is 2.21. The fraction of sp³-hybridized carbons (Fsp3) is 0.385. The summed E-state index contributed by atoms with van der Waals surface area (Å²) in [4.78, 5) is 20.8. The molecule has 0 fully saturated rings. The molecular formula is C13H17N3O2S. The molecule has 1 unspecified atom stereocenters. The van der Waals surface area contributed by atoms with Crippen LogP contribution in [-0.2, 0) is 0 Å². The van der Waals surface area contributed by atoms with Crippen molar-refractivity contribution < 1.29 is 4.74 Å². The molecule has 102 valence electrons. The molecule has 0 radical (unpaired) electrons. The minimum atomic E-state index is -0.287. The summed E-state index contributed by atoms with van der Waals surface area (Å²) in [5.74, 6) is 0.668. The average Bonchev–Trinajstić information content (AvgIpc) is 2.69. The third-order valence-electron chi connectivity index (χ3n) is 2.91. The van der Waals surface area contributed by atoms with Gasteiger partial charge in [0.1, 0.15) is 0 Å². The Morgan fingerprint density at radius 1 is 1.47 bits per heavy atom. The standard InChI is InChI=1S/C13H17N3O2S/c1-7-5-10(9(3)19-7)8(2)16-12-11(18-4)13(17)15-6-14-12/h5-6,8H,1-4H3,(H2,14,15,16,17). The molecule has 0 aliphatic heterocycles. The van der Waals surface area contributed by atoms with Crippen molar-refractivity contribution in [2.45, 2.75) is 26.8 Å². The largest absolute Gasteiger partial charge is 0.489 e. The average molecular weight is 279 g/mol. The third-order valence-corrected chi connectivity index (χ3v) is 3.90. The molecule has 1 atom stereocenters. The highest BCUT2D eigenvalue weighted by atomic mass is 32.1. The van der Waals surface area contributed by atoms with Crippen LogP contribution in [-0.4, -0.2) is 17.1 Å². The smallest absolute Gasteiger partial charge is 0.295 e. The summed E-state index contributed by atoms with van der Waals surface area (Å²) < 4.78 is 5.08. The fourth-order valence-corrected chi connectivity index (χ4v) is 3.06. The third kappa shape index (κ3) is 2.78. The molecule has 0 aliphatic carbocycles. The van der Waals surface area contributed by atoms with E-state index >= 15 is 0 Å². The van der Waals surface area contributed by atoms with Crippen molar-refractivity contribution in [2.24, 2.45) is 0 Å². The van der Waals surface area contributed by atoms with Crippen molar-refractivity contribution in [3.63, 3.8) is 0 Å². The van der Waals surface area contributed by atoms with E-state index in [1.807, 2.05) is 6.92 Å². The van der Waals surface area contributed by atoms with Gasteiger partial charge in [-0.2, -0.15) is 0 Å². The Balaban J connectivity index is 2.29. The molecule has 5 nitrogen and oxygen atoms in total.